The van der Waals surface area contributed by atoms with Crippen molar-refractivity contribution < 1.29 is 19.1 Å². The molecule has 1 aromatic rings. The molecule has 0 bridgehead atoms. The maximum absolute atomic E-state index is 12.0. The summed E-state index contributed by atoms with van der Waals surface area (Å²) in [5.41, 5.74) is 0.510. The van der Waals surface area contributed by atoms with E-state index in [0.29, 0.717) is 5.56 Å². The van der Waals surface area contributed by atoms with Crippen molar-refractivity contribution in [2.75, 3.05) is 6.61 Å². The fourth-order valence-electron chi connectivity index (χ4n) is 1.17. The molecular weight excluding hydrogens is 601 g/mol. The second-order valence-corrected chi connectivity index (χ2v) is 7.15. The van der Waals surface area contributed by atoms with E-state index in [-0.39, 0.29) is 5.57 Å². The van der Waals surface area contributed by atoms with Crippen LogP contribution in [0.1, 0.15) is 17.3 Å². The van der Waals surface area contributed by atoms with Gasteiger partial charge in [0.15, 0.2) is 6.61 Å². The topological polar surface area (TPSA) is 60.4 Å². The van der Waals surface area contributed by atoms with Crippen LogP contribution in [-0.4, -0.2) is 24.1 Å². The summed E-state index contributed by atoms with van der Waals surface area (Å²) >= 11 is 6.29. The van der Waals surface area contributed by atoms with Gasteiger partial charge < -0.3 is 4.74 Å². The van der Waals surface area contributed by atoms with Crippen LogP contribution in [0.3, 0.4) is 0 Å². The van der Waals surface area contributed by atoms with Crippen molar-refractivity contribution in [3.05, 3.63) is 40.6 Å². The molecule has 0 heterocycles. The van der Waals surface area contributed by atoms with Crippen LogP contribution in [0, 0.1) is 10.7 Å². The largest absolute Gasteiger partial charge is 0.454 e. The molecule has 4 nitrogen and oxygen atoms in total. The Hall–Kier alpha value is -0.0400. The number of Topliss-reactive ketones (excluding diaryl/α,β-unsaturated/α-hetero) is 2. The van der Waals surface area contributed by atoms with Crippen LogP contribution >= 0.6 is 67.8 Å². The van der Waals surface area contributed by atoms with Crippen LogP contribution in [0.5, 0.6) is 0 Å². The van der Waals surface area contributed by atoms with Gasteiger partial charge in [0.2, 0.25) is 11.6 Å². The van der Waals surface area contributed by atoms with Crippen molar-refractivity contribution in [2.45, 2.75) is 6.92 Å². The zero-order chi connectivity index (χ0) is 15.4. The molecule has 0 spiro atoms. The lowest BCUT2D eigenvalue weighted by Gasteiger charge is -2.07. The van der Waals surface area contributed by atoms with Crippen LogP contribution in [0.15, 0.2) is 24.3 Å². The minimum absolute atomic E-state index is 0.184. The normalized spacial score (nSPS) is 10.0. The van der Waals surface area contributed by atoms with Gasteiger partial charge in [-0.3, -0.25) is 9.59 Å². The summed E-state index contributed by atoms with van der Waals surface area (Å²) in [6, 6.07) is 3.37. The van der Waals surface area contributed by atoms with Gasteiger partial charge in [0.25, 0.3) is 0 Å². The van der Waals surface area contributed by atoms with Gasteiger partial charge in [-0.25, -0.2) is 4.79 Å². The van der Waals surface area contributed by atoms with Crippen LogP contribution in [0.2, 0.25) is 0 Å². The third-order valence-corrected chi connectivity index (χ3v) is 7.42. The smallest absolute Gasteiger partial charge is 0.333 e. The molecular formula is C13H9I3O4. The van der Waals surface area contributed by atoms with Gasteiger partial charge in [-0.05, 0) is 86.8 Å². The average molecular weight is 610 g/mol. The molecule has 7 heteroatoms. The zero-order valence-corrected chi connectivity index (χ0v) is 16.8. The molecule has 0 aliphatic heterocycles. The Morgan fingerprint density at radius 3 is 2.30 bits per heavy atom. The van der Waals surface area contributed by atoms with Crippen molar-refractivity contribution in [3.63, 3.8) is 0 Å². The molecule has 0 amide bonds. The number of ether oxygens (including phenoxy) is 1. The van der Waals surface area contributed by atoms with Gasteiger partial charge in [-0.15, -0.1) is 0 Å². The molecule has 0 saturated heterocycles. The monoisotopic (exact) mass is 610 g/mol. The highest BCUT2D eigenvalue weighted by Gasteiger charge is 2.22. The first-order valence-electron chi connectivity index (χ1n) is 5.29. The van der Waals surface area contributed by atoms with Gasteiger partial charge in [0.05, 0.1) is 0 Å². The Morgan fingerprint density at radius 2 is 1.75 bits per heavy atom. The van der Waals surface area contributed by atoms with Crippen LogP contribution < -0.4 is 0 Å². The number of esters is 1. The van der Waals surface area contributed by atoms with E-state index in [1.165, 1.54) is 6.92 Å². The Labute approximate surface area is 157 Å². The number of hydrogen-bond acceptors (Lipinski definition) is 4. The number of benzene rings is 1. The second-order valence-electron chi connectivity index (χ2n) is 3.83. The first-order chi connectivity index (χ1) is 9.25. The molecule has 0 radical (unpaired) electrons. The molecule has 0 saturated carbocycles. The van der Waals surface area contributed by atoms with E-state index in [1.807, 2.05) is 22.6 Å². The van der Waals surface area contributed by atoms with E-state index < -0.39 is 24.1 Å². The van der Waals surface area contributed by atoms with Gasteiger partial charge in [-0.1, -0.05) is 6.58 Å². The van der Waals surface area contributed by atoms with Crippen molar-refractivity contribution >= 4 is 85.3 Å². The Bertz CT molecular complexity index is 608. The van der Waals surface area contributed by atoms with Crippen LogP contribution in [-0.2, 0) is 14.3 Å². The van der Waals surface area contributed by atoms with E-state index in [9.17, 15) is 14.4 Å². The molecule has 0 N–H and O–H groups in total. The first kappa shape index (κ1) is 18.0. The highest BCUT2D eigenvalue weighted by Crippen LogP contribution is 2.25. The quantitative estimate of drug-likeness (QED) is 0.128. The summed E-state index contributed by atoms with van der Waals surface area (Å²) in [6.07, 6.45) is 0. The highest BCUT2D eigenvalue weighted by atomic mass is 127. The lowest BCUT2D eigenvalue weighted by molar-refractivity contribution is -0.142. The van der Waals surface area contributed by atoms with E-state index in [2.05, 4.69) is 56.5 Å². The van der Waals surface area contributed by atoms with Gasteiger partial charge >= 0.3 is 5.97 Å². The van der Waals surface area contributed by atoms with Crippen LogP contribution in [0.4, 0.5) is 0 Å². The lowest BCUT2D eigenvalue weighted by atomic mass is 10.1. The number of ketones is 2. The summed E-state index contributed by atoms with van der Waals surface area (Å²) in [4.78, 5) is 35.0. The molecule has 0 aliphatic rings. The van der Waals surface area contributed by atoms with Gasteiger partial charge in [-0.2, -0.15) is 0 Å². The molecule has 1 rings (SSSR count). The number of hydrogen-bond donors (Lipinski definition) is 0. The second kappa shape index (κ2) is 7.82. The van der Waals surface area contributed by atoms with Crippen molar-refractivity contribution in [1.29, 1.82) is 0 Å². The fraction of sp³-hybridized carbons (Fsp3) is 0.154. The number of halogens is 3. The lowest BCUT2D eigenvalue weighted by Crippen LogP contribution is -2.23. The first-order valence-corrected chi connectivity index (χ1v) is 8.53. The SMILES string of the molecule is C=C(C)C(=O)OCC(=O)C(=O)c1ccc(I)c(I)c1I. The number of carbonyl (C=O) groups excluding carboxylic acids is 3. The highest BCUT2D eigenvalue weighted by molar-refractivity contribution is 14.1. The molecule has 0 aliphatic carbocycles. The summed E-state index contributed by atoms with van der Waals surface area (Å²) < 4.78 is 7.33. The third-order valence-electron chi connectivity index (χ3n) is 2.22. The minimum Gasteiger partial charge on any atom is -0.454 e. The minimum atomic E-state index is -0.755. The molecule has 0 aromatic heterocycles. The summed E-state index contributed by atoms with van der Waals surface area (Å²) in [5.74, 6) is -2.09. The molecule has 1 aromatic carbocycles. The number of carbonyl (C=O) groups is 3. The van der Waals surface area contributed by atoms with Crippen molar-refractivity contribution in [2.24, 2.45) is 0 Å². The average Bonchev–Trinajstić information content (AvgIpc) is 2.41. The summed E-state index contributed by atoms with van der Waals surface area (Å²) in [6.45, 7) is 4.30. The van der Waals surface area contributed by atoms with E-state index >= 15 is 0 Å². The van der Waals surface area contributed by atoms with Crippen molar-refractivity contribution in [3.8, 4) is 0 Å². The van der Waals surface area contributed by atoms with Gasteiger partial charge in [0.1, 0.15) is 0 Å². The van der Waals surface area contributed by atoms with Crippen molar-refractivity contribution in [1.82, 2.24) is 0 Å². The molecule has 0 fully saturated rings. The Kier molecular flexibility index (Phi) is 7.04. The fourth-order valence-corrected chi connectivity index (χ4v) is 3.32. The Balaban J connectivity index is 2.86. The van der Waals surface area contributed by atoms with E-state index in [1.54, 1.807) is 12.1 Å². The standard InChI is InChI=1S/C13H9I3O4/c1-6(2)13(19)20-5-9(17)12(18)7-3-4-8(14)11(16)10(7)15/h3-4H,1,5H2,2H3. The number of rotatable bonds is 5. The molecule has 0 unspecified atom stereocenters. The predicted octanol–water partition coefficient (Wildman–Crippen LogP) is 3.37. The zero-order valence-electron chi connectivity index (χ0n) is 10.3. The van der Waals surface area contributed by atoms with E-state index in [4.69, 9.17) is 0 Å². The van der Waals surface area contributed by atoms with E-state index in [0.717, 1.165) is 10.7 Å². The third kappa shape index (κ3) is 4.48. The molecule has 20 heavy (non-hydrogen) atoms. The van der Waals surface area contributed by atoms with Gasteiger partial charge in [0, 0.05) is 21.8 Å². The maximum Gasteiger partial charge on any atom is 0.333 e. The molecule has 0 atom stereocenters. The summed E-state index contributed by atoms with van der Waals surface area (Å²) in [5, 5.41) is 0. The Morgan fingerprint density at radius 1 is 1.15 bits per heavy atom. The molecule has 106 valence electrons. The maximum atomic E-state index is 12.0. The predicted molar refractivity (Wildman–Crippen MR) is 99.7 cm³/mol. The summed E-state index contributed by atoms with van der Waals surface area (Å²) in [7, 11) is 0. The van der Waals surface area contributed by atoms with Crippen LogP contribution in [0.25, 0.3) is 0 Å².